The van der Waals surface area contributed by atoms with E-state index in [4.69, 9.17) is 10.5 Å². The van der Waals surface area contributed by atoms with Crippen LogP contribution in [0.3, 0.4) is 0 Å². The first-order chi connectivity index (χ1) is 6.81. The Morgan fingerprint density at radius 2 is 2.64 bits per heavy atom. The smallest absolute Gasteiger partial charge is 0.187 e. The van der Waals surface area contributed by atoms with E-state index in [0.29, 0.717) is 6.04 Å². The summed E-state index contributed by atoms with van der Waals surface area (Å²) in [6.45, 7) is 4.68. The maximum atomic E-state index is 5.67. The maximum absolute atomic E-state index is 5.67. The Labute approximate surface area is 87.7 Å². The van der Waals surface area contributed by atoms with Gasteiger partial charge in [0, 0.05) is 6.54 Å². The van der Waals surface area contributed by atoms with Gasteiger partial charge in [0.2, 0.25) is 0 Å². The number of anilines is 2. The predicted molar refractivity (Wildman–Crippen MR) is 58.8 cm³/mol. The number of nitrogens with two attached hydrogens (primary N) is 1. The van der Waals surface area contributed by atoms with Crippen molar-refractivity contribution in [3.63, 3.8) is 0 Å². The first-order valence-electron chi connectivity index (χ1n) is 4.87. The molecule has 1 atom stereocenters. The summed E-state index contributed by atoms with van der Waals surface area (Å²) in [6.07, 6.45) is 2.81. The second-order valence-electron chi connectivity index (χ2n) is 3.38. The Morgan fingerprint density at radius 3 is 3.29 bits per heavy atom. The standard InChI is InChI=1S/C9H15N3OS/c1-2-7-6-13-4-3-12(7)9-11-5-8(10)14-9/h5,7H,2-4,6,10H2,1H3. The third kappa shape index (κ3) is 1.83. The normalized spacial score (nSPS) is 22.6. The van der Waals surface area contributed by atoms with Crippen LogP contribution in [0, 0.1) is 0 Å². The first-order valence-corrected chi connectivity index (χ1v) is 5.68. The third-order valence-corrected chi connectivity index (χ3v) is 3.32. The molecule has 1 unspecified atom stereocenters. The van der Waals surface area contributed by atoms with Gasteiger partial charge in [-0.25, -0.2) is 4.98 Å². The molecule has 2 heterocycles. The van der Waals surface area contributed by atoms with E-state index < -0.39 is 0 Å². The minimum Gasteiger partial charge on any atom is -0.389 e. The van der Waals surface area contributed by atoms with Crippen LogP contribution in [-0.2, 0) is 4.74 Å². The number of hydrogen-bond donors (Lipinski definition) is 1. The van der Waals surface area contributed by atoms with E-state index in [9.17, 15) is 0 Å². The number of nitrogen functional groups attached to an aromatic ring is 1. The van der Waals surface area contributed by atoms with Gasteiger partial charge in [0.1, 0.15) is 5.00 Å². The van der Waals surface area contributed by atoms with E-state index in [1.54, 1.807) is 17.5 Å². The van der Waals surface area contributed by atoms with Crippen molar-refractivity contribution in [3.8, 4) is 0 Å². The molecule has 0 bridgehead atoms. The van der Waals surface area contributed by atoms with Gasteiger partial charge in [-0.1, -0.05) is 18.3 Å². The molecule has 0 radical (unpaired) electrons. The second-order valence-corrected chi connectivity index (χ2v) is 4.42. The van der Waals surface area contributed by atoms with Crippen molar-refractivity contribution in [1.82, 2.24) is 4.98 Å². The second kappa shape index (κ2) is 4.14. The van der Waals surface area contributed by atoms with Crippen molar-refractivity contribution >= 4 is 21.5 Å². The van der Waals surface area contributed by atoms with Gasteiger partial charge in [-0.15, -0.1) is 0 Å². The molecule has 1 aliphatic heterocycles. The molecule has 1 fully saturated rings. The molecule has 1 aromatic rings. The maximum Gasteiger partial charge on any atom is 0.187 e. The lowest BCUT2D eigenvalue weighted by molar-refractivity contribution is 0.0930. The monoisotopic (exact) mass is 213 g/mol. The number of hydrogen-bond acceptors (Lipinski definition) is 5. The molecule has 0 aromatic carbocycles. The van der Waals surface area contributed by atoms with Crippen LogP contribution in [0.4, 0.5) is 10.1 Å². The highest BCUT2D eigenvalue weighted by Crippen LogP contribution is 2.27. The Hall–Kier alpha value is -0.810. The van der Waals surface area contributed by atoms with Crippen LogP contribution in [-0.4, -0.2) is 30.8 Å². The van der Waals surface area contributed by atoms with Crippen LogP contribution in [0.1, 0.15) is 13.3 Å². The average molecular weight is 213 g/mol. The fourth-order valence-corrected chi connectivity index (χ4v) is 2.43. The van der Waals surface area contributed by atoms with Crippen LogP contribution in [0.5, 0.6) is 0 Å². The largest absolute Gasteiger partial charge is 0.389 e. The molecule has 4 nitrogen and oxygen atoms in total. The van der Waals surface area contributed by atoms with Gasteiger partial charge >= 0.3 is 0 Å². The molecule has 1 aliphatic rings. The van der Waals surface area contributed by atoms with E-state index in [2.05, 4.69) is 16.8 Å². The van der Waals surface area contributed by atoms with Crippen molar-refractivity contribution in [2.24, 2.45) is 0 Å². The van der Waals surface area contributed by atoms with Crippen molar-refractivity contribution in [2.45, 2.75) is 19.4 Å². The zero-order chi connectivity index (χ0) is 9.97. The van der Waals surface area contributed by atoms with Crippen molar-refractivity contribution in [3.05, 3.63) is 6.20 Å². The molecule has 0 spiro atoms. The lowest BCUT2D eigenvalue weighted by atomic mass is 10.2. The van der Waals surface area contributed by atoms with Gasteiger partial charge in [0.05, 0.1) is 25.5 Å². The molecule has 14 heavy (non-hydrogen) atoms. The minimum atomic E-state index is 0.453. The number of nitrogens with zero attached hydrogens (tertiary/aromatic N) is 2. The fraction of sp³-hybridized carbons (Fsp3) is 0.667. The quantitative estimate of drug-likeness (QED) is 0.805. The Balaban J connectivity index is 2.14. The van der Waals surface area contributed by atoms with Gasteiger partial charge in [0.25, 0.3) is 0 Å². The summed E-state index contributed by atoms with van der Waals surface area (Å²) in [4.78, 5) is 6.60. The van der Waals surface area contributed by atoms with E-state index in [1.807, 2.05) is 0 Å². The van der Waals surface area contributed by atoms with E-state index >= 15 is 0 Å². The summed E-state index contributed by atoms with van der Waals surface area (Å²) >= 11 is 1.55. The van der Waals surface area contributed by atoms with Crippen LogP contribution in [0.2, 0.25) is 0 Å². The molecule has 0 aliphatic carbocycles. The van der Waals surface area contributed by atoms with Crippen molar-refractivity contribution in [1.29, 1.82) is 0 Å². The Morgan fingerprint density at radius 1 is 1.79 bits per heavy atom. The lowest BCUT2D eigenvalue weighted by Crippen LogP contribution is -2.45. The number of ether oxygens (including phenoxy) is 1. The molecule has 2 N–H and O–H groups in total. The first kappa shape index (κ1) is 9.73. The number of rotatable bonds is 2. The molecular weight excluding hydrogens is 198 g/mol. The zero-order valence-electron chi connectivity index (χ0n) is 8.27. The summed E-state index contributed by atoms with van der Waals surface area (Å²) in [6, 6.07) is 0.453. The summed E-state index contributed by atoms with van der Waals surface area (Å²) in [5, 5.41) is 1.80. The molecule has 0 amide bonds. The highest BCUT2D eigenvalue weighted by Gasteiger charge is 2.23. The van der Waals surface area contributed by atoms with Gasteiger partial charge in [0.15, 0.2) is 5.13 Å². The molecule has 1 saturated heterocycles. The molecule has 0 saturated carbocycles. The van der Waals surface area contributed by atoms with Crippen LogP contribution in [0.15, 0.2) is 6.20 Å². The molecule has 2 rings (SSSR count). The number of morpholine rings is 1. The SMILES string of the molecule is CCC1COCCN1c1ncc(N)s1. The minimum absolute atomic E-state index is 0.453. The van der Waals surface area contributed by atoms with Crippen molar-refractivity contribution in [2.75, 3.05) is 30.4 Å². The van der Waals surface area contributed by atoms with E-state index in [1.165, 1.54) is 0 Å². The molecule has 78 valence electrons. The lowest BCUT2D eigenvalue weighted by Gasteiger charge is -2.34. The van der Waals surface area contributed by atoms with Gasteiger partial charge in [-0.05, 0) is 6.42 Å². The highest BCUT2D eigenvalue weighted by atomic mass is 32.1. The average Bonchev–Trinajstić information content (AvgIpc) is 2.65. The van der Waals surface area contributed by atoms with E-state index in [0.717, 1.165) is 36.3 Å². The zero-order valence-corrected chi connectivity index (χ0v) is 9.09. The van der Waals surface area contributed by atoms with E-state index in [-0.39, 0.29) is 0 Å². The van der Waals surface area contributed by atoms with Crippen LogP contribution >= 0.6 is 11.3 Å². The summed E-state index contributed by atoms with van der Waals surface area (Å²) in [7, 11) is 0. The Bertz CT molecular complexity index is 302. The van der Waals surface area contributed by atoms with Crippen LogP contribution < -0.4 is 10.6 Å². The summed E-state index contributed by atoms with van der Waals surface area (Å²) in [5.41, 5.74) is 5.67. The molecule has 1 aromatic heterocycles. The number of thiazole rings is 1. The van der Waals surface area contributed by atoms with Crippen molar-refractivity contribution < 1.29 is 4.74 Å². The van der Waals surface area contributed by atoms with Gasteiger partial charge in [-0.2, -0.15) is 0 Å². The summed E-state index contributed by atoms with van der Waals surface area (Å²) < 4.78 is 5.44. The molecular formula is C9H15N3OS. The third-order valence-electron chi connectivity index (χ3n) is 2.46. The van der Waals surface area contributed by atoms with Crippen LogP contribution in [0.25, 0.3) is 0 Å². The Kier molecular flexibility index (Phi) is 2.88. The fourth-order valence-electron chi connectivity index (χ4n) is 1.65. The number of aromatic nitrogens is 1. The highest BCUT2D eigenvalue weighted by molar-refractivity contribution is 7.19. The predicted octanol–water partition coefficient (Wildman–Crippen LogP) is 1.34. The topological polar surface area (TPSA) is 51.4 Å². The van der Waals surface area contributed by atoms with Gasteiger partial charge < -0.3 is 15.4 Å². The van der Waals surface area contributed by atoms with Gasteiger partial charge in [-0.3, -0.25) is 0 Å². The molecule has 5 heteroatoms. The summed E-state index contributed by atoms with van der Waals surface area (Å²) in [5.74, 6) is 0.